The summed E-state index contributed by atoms with van der Waals surface area (Å²) in [5, 5.41) is 3.28. The zero-order valence-corrected chi connectivity index (χ0v) is 11.3. The molecule has 0 aromatic heterocycles. The lowest BCUT2D eigenvalue weighted by Gasteiger charge is -2.37. The van der Waals surface area contributed by atoms with E-state index < -0.39 is 0 Å². The topological polar surface area (TPSA) is 21.3 Å². The van der Waals surface area contributed by atoms with Crippen LogP contribution < -0.4 is 5.32 Å². The van der Waals surface area contributed by atoms with Gasteiger partial charge in [0.15, 0.2) is 0 Å². The summed E-state index contributed by atoms with van der Waals surface area (Å²) in [4.78, 5) is 0. The molecular weight excluding hydrogens is 229 g/mol. The van der Waals surface area contributed by atoms with Gasteiger partial charge >= 0.3 is 0 Å². The first-order valence-electron chi connectivity index (χ1n) is 6.63. The summed E-state index contributed by atoms with van der Waals surface area (Å²) in [6.45, 7) is 4.65. The lowest BCUT2D eigenvalue weighted by Crippen LogP contribution is -2.39. The molecule has 0 radical (unpaired) electrons. The minimum Gasteiger partial charge on any atom is -0.381 e. The molecule has 0 spiro atoms. The maximum atomic E-state index is 13.4. The van der Waals surface area contributed by atoms with E-state index in [-0.39, 0.29) is 11.2 Å². The second kappa shape index (κ2) is 5.81. The van der Waals surface area contributed by atoms with Gasteiger partial charge in [0.25, 0.3) is 0 Å². The number of aryl methyl sites for hydroxylation is 1. The Balaban J connectivity index is 2.19. The molecule has 1 fully saturated rings. The van der Waals surface area contributed by atoms with E-state index in [1.165, 1.54) is 11.6 Å². The molecule has 1 aromatic carbocycles. The summed E-state index contributed by atoms with van der Waals surface area (Å²) in [6, 6.07) is 5.09. The van der Waals surface area contributed by atoms with E-state index in [0.29, 0.717) is 0 Å². The van der Waals surface area contributed by atoms with Gasteiger partial charge in [-0.15, -0.1) is 0 Å². The number of rotatable bonds is 4. The first-order chi connectivity index (χ1) is 8.65. The normalized spacial score (nSPS) is 18.8. The smallest absolute Gasteiger partial charge is 0.123 e. The van der Waals surface area contributed by atoms with Crippen molar-refractivity contribution in [3.63, 3.8) is 0 Å². The van der Waals surface area contributed by atoms with Crippen LogP contribution in [0, 0.1) is 18.2 Å². The molecule has 0 amide bonds. The fraction of sp³-hybridized carbons (Fsp3) is 0.600. The van der Waals surface area contributed by atoms with Crippen molar-refractivity contribution in [3.05, 3.63) is 35.1 Å². The standard InChI is InChI=1S/C15H22FNO/c1-12-3-4-14(16)9-13(12)10-15(11-17-2)5-7-18-8-6-15/h3-4,9,17H,5-8,10-11H2,1-2H3. The van der Waals surface area contributed by atoms with E-state index >= 15 is 0 Å². The summed E-state index contributed by atoms with van der Waals surface area (Å²) >= 11 is 0. The summed E-state index contributed by atoms with van der Waals surface area (Å²) in [5.41, 5.74) is 2.52. The van der Waals surface area contributed by atoms with Crippen LogP contribution in [0.15, 0.2) is 18.2 Å². The Morgan fingerprint density at radius 3 is 2.72 bits per heavy atom. The number of benzene rings is 1. The van der Waals surface area contributed by atoms with Crippen molar-refractivity contribution in [3.8, 4) is 0 Å². The van der Waals surface area contributed by atoms with Gasteiger partial charge in [0.2, 0.25) is 0 Å². The van der Waals surface area contributed by atoms with Gasteiger partial charge in [0, 0.05) is 19.8 Å². The number of hydrogen-bond acceptors (Lipinski definition) is 2. The fourth-order valence-electron chi connectivity index (χ4n) is 2.83. The zero-order chi connectivity index (χ0) is 13.0. The molecule has 0 bridgehead atoms. The average Bonchev–Trinajstić information content (AvgIpc) is 2.35. The van der Waals surface area contributed by atoms with Crippen molar-refractivity contribution in [1.82, 2.24) is 5.32 Å². The molecule has 0 atom stereocenters. The molecule has 2 rings (SSSR count). The maximum absolute atomic E-state index is 13.4. The summed E-state index contributed by atoms with van der Waals surface area (Å²) in [7, 11) is 1.98. The molecular formula is C15H22FNO. The second-order valence-electron chi connectivity index (χ2n) is 5.39. The van der Waals surface area contributed by atoms with Gasteiger partial charge in [-0.25, -0.2) is 4.39 Å². The van der Waals surface area contributed by atoms with Crippen molar-refractivity contribution in [2.24, 2.45) is 5.41 Å². The van der Waals surface area contributed by atoms with Crippen LogP contribution in [0.5, 0.6) is 0 Å². The fourth-order valence-corrected chi connectivity index (χ4v) is 2.83. The Bertz CT molecular complexity index is 394. The molecule has 3 heteroatoms. The van der Waals surface area contributed by atoms with Gasteiger partial charge in [-0.05, 0) is 61.9 Å². The molecule has 1 aliphatic rings. The second-order valence-corrected chi connectivity index (χ2v) is 5.39. The van der Waals surface area contributed by atoms with E-state index in [2.05, 4.69) is 12.2 Å². The Hall–Kier alpha value is -0.930. The summed E-state index contributed by atoms with van der Waals surface area (Å²) in [6.07, 6.45) is 3.02. The molecule has 0 unspecified atom stereocenters. The molecule has 100 valence electrons. The molecule has 1 saturated heterocycles. The third kappa shape index (κ3) is 3.09. The van der Waals surface area contributed by atoms with Gasteiger partial charge in [-0.2, -0.15) is 0 Å². The van der Waals surface area contributed by atoms with E-state index in [1.54, 1.807) is 6.07 Å². The number of halogens is 1. The third-order valence-corrected chi connectivity index (χ3v) is 3.98. The zero-order valence-electron chi connectivity index (χ0n) is 11.3. The van der Waals surface area contributed by atoms with Crippen LogP contribution in [0.25, 0.3) is 0 Å². The van der Waals surface area contributed by atoms with Gasteiger partial charge in [0.05, 0.1) is 0 Å². The van der Waals surface area contributed by atoms with E-state index in [4.69, 9.17) is 4.74 Å². The highest BCUT2D eigenvalue weighted by molar-refractivity contribution is 5.28. The van der Waals surface area contributed by atoms with Gasteiger partial charge in [-0.1, -0.05) is 6.07 Å². The lowest BCUT2D eigenvalue weighted by molar-refractivity contribution is 0.0157. The quantitative estimate of drug-likeness (QED) is 0.888. The average molecular weight is 251 g/mol. The highest BCUT2D eigenvalue weighted by atomic mass is 19.1. The number of ether oxygens (including phenoxy) is 1. The predicted molar refractivity (Wildman–Crippen MR) is 71.3 cm³/mol. The largest absolute Gasteiger partial charge is 0.381 e. The van der Waals surface area contributed by atoms with Crippen LogP contribution in [-0.4, -0.2) is 26.8 Å². The highest BCUT2D eigenvalue weighted by Gasteiger charge is 2.32. The molecule has 1 aromatic rings. The van der Waals surface area contributed by atoms with Gasteiger partial charge < -0.3 is 10.1 Å². The maximum Gasteiger partial charge on any atom is 0.123 e. The van der Waals surface area contributed by atoms with Crippen LogP contribution in [0.1, 0.15) is 24.0 Å². The SMILES string of the molecule is CNCC1(Cc2cc(F)ccc2C)CCOCC1. The molecule has 0 aliphatic carbocycles. The van der Waals surface area contributed by atoms with Crippen molar-refractivity contribution < 1.29 is 9.13 Å². The van der Waals surface area contributed by atoms with Crippen LogP contribution in [0.3, 0.4) is 0 Å². The first kappa shape index (κ1) is 13.5. The molecule has 18 heavy (non-hydrogen) atoms. The Labute approximate surface area is 109 Å². The molecule has 1 aliphatic heterocycles. The highest BCUT2D eigenvalue weighted by Crippen LogP contribution is 2.34. The number of hydrogen-bond donors (Lipinski definition) is 1. The first-order valence-corrected chi connectivity index (χ1v) is 6.63. The predicted octanol–water partition coefficient (Wildman–Crippen LogP) is 2.69. The van der Waals surface area contributed by atoms with E-state index in [0.717, 1.165) is 44.6 Å². The molecule has 0 saturated carbocycles. The van der Waals surface area contributed by atoms with Crippen LogP contribution in [0.2, 0.25) is 0 Å². The minimum absolute atomic E-state index is 0.137. The van der Waals surface area contributed by atoms with E-state index in [9.17, 15) is 4.39 Å². The minimum atomic E-state index is -0.137. The van der Waals surface area contributed by atoms with Crippen molar-refractivity contribution in [1.29, 1.82) is 0 Å². The molecule has 1 heterocycles. The summed E-state index contributed by atoms with van der Waals surface area (Å²) < 4.78 is 18.8. The third-order valence-electron chi connectivity index (χ3n) is 3.98. The monoisotopic (exact) mass is 251 g/mol. The van der Waals surface area contributed by atoms with Crippen molar-refractivity contribution in [2.45, 2.75) is 26.2 Å². The number of nitrogens with one attached hydrogen (secondary N) is 1. The van der Waals surface area contributed by atoms with E-state index in [1.807, 2.05) is 13.1 Å². The Morgan fingerprint density at radius 1 is 1.33 bits per heavy atom. The van der Waals surface area contributed by atoms with Gasteiger partial charge in [-0.3, -0.25) is 0 Å². The van der Waals surface area contributed by atoms with Crippen molar-refractivity contribution >= 4 is 0 Å². The van der Waals surface area contributed by atoms with Crippen LogP contribution in [0.4, 0.5) is 4.39 Å². The van der Waals surface area contributed by atoms with Crippen LogP contribution in [-0.2, 0) is 11.2 Å². The van der Waals surface area contributed by atoms with Crippen molar-refractivity contribution in [2.75, 3.05) is 26.8 Å². The Morgan fingerprint density at radius 2 is 2.06 bits per heavy atom. The molecule has 2 nitrogen and oxygen atoms in total. The Kier molecular flexibility index (Phi) is 4.36. The van der Waals surface area contributed by atoms with Crippen LogP contribution >= 0.6 is 0 Å². The van der Waals surface area contributed by atoms with Gasteiger partial charge in [0.1, 0.15) is 5.82 Å². The molecule has 1 N–H and O–H groups in total. The lowest BCUT2D eigenvalue weighted by atomic mass is 9.74. The summed E-state index contributed by atoms with van der Waals surface area (Å²) in [5.74, 6) is -0.137.